The number of hydrogen-bond acceptors (Lipinski definition) is 3. The fourth-order valence-electron chi connectivity index (χ4n) is 2.58. The Hall–Kier alpha value is -1.69. The third-order valence-electron chi connectivity index (χ3n) is 3.48. The molecule has 0 aliphatic carbocycles. The molecule has 1 heterocycles. The van der Waals surface area contributed by atoms with E-state index in [4.69, 9.17) is 0 Å². The Balaban J connectivity index is 2.42. The number of hydrogen-bond donors (Lipinski definition) is 1. The molecule has 1 N–H and O–H groups in total. The molecule has 1 aliphatic heterocycles. The molecule has 0 amide bonds. The lowest BCUT2D eigenvalue weighted by atomic mass is 9.82. The Morgan fingerprint density at radius 2 is 1.95 bits per heavy atom. The third kappa shape index (κ3) is 2.75. The van der Waals surface area contributed by atoms with Gasteiger partial charge in [-0.25, -0.2) is 0 Å². The average molecular weight is 285 g/mol. The van der Waals surface area contributed by atoms with E-state index in [1.165, 1.54) is 0 Å². The summed E-state index contributed by atoms with van der Waals surface area (Å²) in [6.45, 7) is 1.46. The highest BCUT2D eigenvalue weighted by Crippen LogP contribution is 2.34. The number of halogens is 3. The first-order valence-electron chi connectivity index (χ1n) is 6.25. The molecule has 0 radical (unpaired) electrons. The maximum Gasteiger partial charge on any atom is 0.450 e. The third-order valence-corrected chi connectivity index (χ3v) is 3.48. The Morgan fingerprint density at radius 1 is 1.30 bits per heavy atom. The maximum absolute atomic E-state index is 12.7. The van der Waals surface area contributed by atoms with E-state index in [-0.39, 0.29) is 0 Å². The number of rotatable bonds is 3. The molecular weight excluding hydrogens is 271 g/mol. The maximum atomic E-state index is 12.7. The van der Waals surface area contributed by atoms with Gasteiger partial charge < -0.3 is 5.32 Å². The Labute approximate surface area is 114 Å². The quantitative estimate of drug-likeness (QED) is 0.866. The predicted octanol–water partition coefficient (Wildman–Crippen LogP) is 2.21. The first-order valence-corrected chi connectivity index (χ1v) is 6.25. The molecule has 6 heteroatoms. The fraction of sp³-hybridized carbons (Fsp3) is 0.429. The van der Waals surface area contributed by atoms with Crippen LogP contribution in [0.2, 0.25) is 0 Å². The van der Waals surface area contributed by atoms with Gasteiger partial charge in [-0.3, -0.25) is 9.59 Å². The Morgan fingerprint density at radius 3 is 2.55 bits per heavy atom. The lowest BCUT2D eigenvalue weighted by Gasteiger charge is -2.31. The van der Waals surface area contributed by atoms with E-state index in [9.17, 15) is 22.8 Å². The summed E-state index contributed by atoms with van der Waals surface area (Å²) >= 11 is 0. The van der Waals surface area contributed by atoms with Gasteiger partial charge in [-0.05, 0) is 31.0 Å². The number of ketones is 2. The van der Waals surface area contributed by atoms with Crippen molar-refractivity contribution in [3.8, 4) is 0 Å². The molecule has 1 aliphatic rings. The topological polar surface area (TPSA) is 46.2 Å². The molecule has 3 nitrogen and oxygen atoms in total. The molecule has 0 saturated carbocycles. The number of alkyl halides is 3. The molecule has 0 fully saturated rings. The first-order chi connectivity index (χ1) is 9.32. The van der Waals surface area contributed by atoms with Crippen molar-refractivity contribution < 1.29 is 22.8 Å². The van der Waals surface area contributed by atoms with Gasteiger partial charge in [0.2, 0.25) is 5.78 Å². The van der Waals surface area contributed by atoms with Crippen LogP contribution in [0.15, 0.2) is 24.3 Å². The zero-order valence-corrected chi connectivity index (χ0v) is 10.8. The summed E-state index contributed by atoms with van der Waals surface area (Å²) < 4.78 is 38.0. The van der Waals surface area contributed by atoms with E-state index in [0.717, 1.165) is 12.5 Å². The standard InChI is InChI=1S/C14H14F3NO2/c1-8(19)11(13(20)14(15,16)17)12-10-5-3-2-4-9(10)6-7-18-12/h2-5,11-12,18H,6-7H2,1H3/t11-,12-/m1/s1. The summed E-state index contributed by atoms with van der Waals surface area (Å²) in [7, 11) is 0. The van der Waals surface area contributed by atoms with Crippen molar-refractivity contribution in [2.75, 3.05) is 6.54 Å². The highest BCUT2D eigenvalue weighted by atomic mass is 19.4. The minimum atomic E-state index is -5.01. The van der Waals surface area contributed by atoms with Gasteiger partial charge in [-0.1, -0.05) is 24.3 Å². The highest BCUT2D eigenvalue weighted by molar-refractivity contribution is 6.04. The number of carbonyl (C=O) groups is 2. The van der Waals surface area contributed by atoms with Crippen LogP contribution in [0.1, 0.15) is 24.1 Å². The van der Waals surface area contributed by atoms with Crippen LogP contribution in [0.25, 0.3) is 0 Å². The van der Waals surface area contributed by atoms with E-state index in [0.29, 0.717) is 18.5 Å². The van der Waals surface area contributed by atoms with E-state index >= 15 is 0 Å². The number of benzene rings is 1. The van der Waals surface area contributed by atoms with Crippen LogP contribution in [0.3, 0.4) is 0 Å². The SMILES string of the molecule is CC(=O)[C@@H](C(=O)C(F)(F)F)[C@@H]1NCCc2ccccc21. The molecule has 0 bridgehead atoms. The van der Waals surface area contributed by atoms with Crippen molar-refractivity contribution in [2.24, 2.45) is 5.92 Å². The number of Topliss-reactive ketones (excluding diaryl/α,β-unsaturated/α-hetero) is 2. The molecule has 2 atom stereocenters. The zero-order valence-electron chi connectivity index (χ0n) is 10.8. The van der Waals surface area contributed by atoms with E-state index in [2.05, 4.69) is 5.32 Å². The summed E-state index contributed by atoms with van der Waals surface area (Å²) in [5.41, 5.74) is 1.47. The van der Waals surface area contributed by atoms with E-state index in [1.54, 1.807) is 24.3 Å². The summed E-state index contributed by atoms with van der Waals surface area (Å²) in [6, 6.07) is 6.03. The fourth-order valence-corrected chi connectivity index (χ4v) is 2.58. The number of fused-ring (bicyclic) bond motifs is 1. The van der Waals surface area contributed by atoms with Crippen molar-refractivity contribution in [3.63, 3.8) is 0 Å². The van der Waals surface area contributed by atoms with Crippen molar-refractivity contribution in [2.45, 2.75) is 25.6 Å². The van der Waals surface area contributed by atoms with Crippen LogP contribution in [0, 0.1) is 5.92 Å². The molecule has 0 unspecified atom stereocenters. The molecule has 0 saturated heterocycles. The number of carbonyl (C=O) groups excluding carboxylic acids is 2. The largest absolute Gasteiger partial charge is 0.450 e. The molecule has 108 valence electrons. The van der Waals surface area contributed by atoms with E-state index < -0.39 is 29.7 Å². The Kier molecular flexibility index (Phi) is 3.94. The van der Waals surface area contributed by atoms with Crippen molar-refractivity contribution in [3.05, 3.63) is 35.4 Å². The first kappa shape index (κ1) is 14.7. The summed E-state index contributed by atoms with van der Waals surface area (Å²) in [5.74, 6) is -4.49. The minimum Gasteiger partial charge on any atom is -0.309 e. The molecule has 1 aromatic carbocycles. The lowest BCUT2D eigenvalue weighted by Crippen LogP contribution is -2.45. The molecule has 1 aromatic rings. The van der Waals surface area contributed by atoms with Gasteiger partial charge in [-0.2, -0.15) is 13.2 Å². The van der Waals surface area contributed by atoms with Crippen LogP contribution >= 0.6 is 0 Å². The summed E-state index contributed by atoms with van der Waals surface area (Å²) in [4.78, 5) is 23.1. The van der Waals surface area contributed by atoms with Gasteiger partial charge >= 0.3 is 6.18 Å². The van der Waals surface area contributed by atoms with Crippen LogP contribution in [-0.4, -0.2) is 24.3 Å². The summed E-state index contributed by atoms with van der Waals surface area (Å²) in [5, 5.41) is 2.87. The van der Waals surface area contributed by atoms with Gasteiger partial charge in [0.1, 0.15) is 11.7 Å². The molecular formula is C14H14F3NO2. The Bertz CT molecular complexity index is 539. The van der Waals surface area contributed by atoms with Crippen molar-refractivity contribution in [1.29, 1.82) is 0 Å². The van der Waals surface area contributed by atoms with Gasteiger partial charge in [0.05, 0.1) is 0 Å². The molecule has 0 spiro atoms. The van der Waals surface area contributed by atoms with Crippen LogP contribution in [-0.2, 0) is 16.0 Å². The van der Waals surface area contributed by atoms with Gasteiger partial charge in [0, 0.05) is 6.04 Å². The molecule has 20 heavy (non-hydrogen) atoms. The van der Waals surface area contributed by atoms with Gasteiger partial charge in [0.25, 0.3) is 0 Å². The van der Waals surface area contributed by atoms with Crippen LogP contribution in [0.4, 0.5) is 13.2 Å². The monoisotopic (exact) mass is 285 g/mol. The predicted molar refractivity (Wildman–Crippen MR) is 66.1 cm³/mol. The molecule has 2 rings (SSSR count). The van der Waals surface area contributed by atoms with E-state index in [1.807, 2.05) is 0 Å². The molecule has 0 aromatic heterocycles. The lowest BCUT2D eigenvalue weighted by molar-refractivity contribution is -0.177. The minimum absolute atomic E-state index is 0.441. The van der Waals surface area contributed by atoms with Gasteiger partial charge in [-0.15, -0.1) is 0 Å². The smallest absolute Gasteiger partial charge is 0.309 e. The highest BCUT2D eigenvalue weighted by Gasteiger charge is 2.49. The van der Waals surface area contributed by atoms with Crippen LogP contribution in [0.5, 0.6) is 0 Å². The second-order valence-electron chi connectivity index (χ2n) is 4.83. The normalized spacial score (nSPS) is 20.1. The van der Waals surface area contributed by atoms with Crippen LogP contribution < -0.4 is 5.32 Å². The second kappa shape index (κ2) is 5.36. The van der Waals surface area contributed by atoms with Crippen molar-refractivity contribution >= 4 is 11.6 Å². The van der Waals surface area contributed by atoms with Crippen molar-refractivity contribution in [1.82, 2.24) is 5.32 Å². The average Bonchev–Trinajstić information content (AvgIpc) is 2.37. The van der Waals surface area contributed by atoms with Gasteiger partial charge in [0.15, 0.2) is 0 Å². The summed E-state index contributed by atoms with van der Waals surface area (Å²) in [6.07, 6.45) is -4.35. The zero-order chi connectivity index (χ0) is 14.9. The second-order valence-corrected chi connectivity index (χ2v) is 4.83. The number of nitrogens with one attached hydrogen (secondary N) is 1.